The predicted molar refractivity (Wildman–Crippen MR) is 91.8 cm³/mol. The van der Waals surface area contributed by atoms with Crippen LogP contribution in [0.2, 0.25) is 0 Å². The van der Waals surface area contributed by atoms with Crippen LogP contribution in [0.25, 0.3) is 11.0 Å². The number of aromatic amines is 1. The Hall–Kier alpha value is -1.15. The molecule has 0 radical (unpaired) electrons. The van der Waals surface area contributed by atoms with Crippen LogP contribution in [-0.4, -0.2) is 9.55 Å². The van der Waals surface area contributed by atoms with Gasteiger partial charge in [0.1, 0.15) is 17.3 Å². The zero-order valence-corrected chi connectivity index (χ0v) is 14.8. The summed E-state index contributed by atoms with van der Waals surface area (Å²) >= 11 is 7.40. The Labute approximate surface area is 140 Å². The number of halogens is 2. The summed E-state index contributed by atoms with van der Waals surface area (Å²) in [5.74, 6) is 1.49. The summed E-state index contributed by atoms with van der Waals surface area (Å²) in [7, 11) is 0. The molecule has 1 atom stereocenters. The van der Waals surface area contributed by atoms with Crippen molar-refractivity contribution < 1.29 is 8.81 Å². The summed E-state index contributed by atoms with van der Waals surface area (Å²) in [4.78, 5) is 3.15. The van der Waals surface area contributed by atoms with E-state index in [1.165, 1.54) is 6.07 Å². The van der Waals surface area contributed by atoms with E-state index in [9.17, 15) is 4.39 Å². The van der Waals surface area contributed by atoms with Crippen LogP contribution in [0.15, 0.2) is 22.6 Å². The maximum absolute atomic E-state index is 13.9. The van der Waals surface area contributed by atoms with Crippen LogP contribution in [0.4, 0.5) is 4.39 Å². The highest BCUT2D eigenvalue weighted by Gasteiger charge is 2.18. The largest absolute Gasteiger partial charge is 0.466 e. The maximum atomic E-state index is 13.9. The van der Waals surface area contributed by atoms with Crippen LogP contribution in [0.5, 0.6) is 0 Å². The van der Waals surface area contributed by atoms with E-state index in [1.54, 1.807) is 6.07 Å². The first kappa shape index (κ1) is 14.8. The normalized spacial score (nSPS) is 13.0. The van der Waals surface area contributed by atoms with Gasteiger partial charge in [0.05, 0.1) is 20.6 Å². The van der Waals surface area contributed by atoms with Gasteiger partial charge in [-0.15, -0.1) is 0 Å². The van der Waals surface area contributed by atoms with Crippen LogP contribution in [0.1, 0.15) is 30.0 Å². The second kappa shape index (κ2) is 5.24. The Kier molecular flexibility index (Phi) is 3.69. The lowest BCUT2D eigenvalue weighted by Crippen LogP contribution is -2.07. The van der Waals surface area contributed by atoms with E-state index < -0.39 is 0 Å². The third-order valence-electron chi connectivity index (χ3n) is 3.68. The van der Waals surface area contributed by atoms with Crippen molar-refractivity contribution in [3.8, 4) is 0 Å². The van der Waals surface area contributed by atoms with Crippen molar-refractivity contribution >= 4 is 45.8 Å². The monoisotopic (exact) mass is 416 g/mol. The van der Waals surface area contributed by atoms with E-state index in [0.29, 0.717) is 8.34 Å². The minimum Gasteiger partial charge on any atom is -0.466 e. The molecule has 1 aromatic carbocycles. The second-order valence-corrected chi connectivity index (χ2v) is 6.68. The van der Waals surface area contributed by atoms with Gasteiger partial charge in [0, 0.05) is 11.6 Å². The number of imidazole rings is 1. The molecule has 1 unspecified atom stereocenters. The van der Waals surface area contributed by atoms with Crippen molar-refractivity contribution in [2.75, 3.05) is 0 Å². The molecule has 6 heteroatoms. The highest BCUT2D eigenvalue weighted by molar-refractivity contribution is 14.1. The highest BCUT2D eigenvalue weighted by Crippen LogP contribution is 2.29. The van der Waals surface area contributed by atoms with Crippen LogP contribution in [-0.2, 0) is 0 Å². The van der Waals surface area contributed by atoms with Gasteiger partial charge < -0.3 is 14.0 Å². The van der Waals surface area contributed by atoms with E-state index in [4.69, 9.17) is 16.6 Å². The average Bonchev–Trinajstić information content (AvgIpc) is 2.89. The number of H-pyrrole nitrogens is 1. The molecule has 0 aliphatic rings. The average molecular weight is 416 g/mol. The lowest BCUT2D eigenvalue weighted by molar-refractivity contribution is 0.495. The second-order valence-electron chi connectivity index (χ2n) is 5.13. The van der Waals surface area contributed by atoms with Crippen molar-refractivity contribution in [3.63, 3.8) is 0 Å². The molecule has 0 saturated carbocycles. The molecule has 0 spiro atoms. The number of aryl methyl sites for hydroxylation is 2. The minimum absolute atomic E-state index is 0.0249. The first-order valence-electron chi connectivity index (χ1n) is 6.54. The topological polar surface area (TPSA) is 33.9 Å². The molecule has 110 valence electrons. The summed E-state index contributed by atoms with van der Waals surface area (Å²) in [6.07, 6.45) is 0. The van der Waals surface area contributed by atoms with Gasteiger partial charge in [0.25, 0.3) is 0 Å². The van der Waals surface area contributed by atoms with E-state index >= 15 is 0 Å². The molecule has 0 aliphatic heterocycles. The first-order chi connectivity index (χ1) is 9.88. The Morgan fingerprint density at radius 1 is 1.33 bits per heavy atom. The molecular formula is C15H14FIN2OS. The molecule has 0 aliphatic carbocycles. The fourth-order valence-electron chi connectivity index (χ4n) is 2.71. The number of furan rings is 1. The third-order valence-corrected chi connectivity index (χ3v) is 4.80. The predicted octanol–water partition coefficient (Wildman–Crippen LogP) is 5.26. The van der Waals surface area contributed by atoms with Gasteiger partial charge >= 0.3 is 0 Å². The fourth-order valence-corrected chi connectivity index (χ4v) is 3.54. The molecule has 2 heterocycles. The van der Waals surface area contributed by atoms with Crippen molar-refractivity contribution in [2.45, 2.75) is 26.8 Å². The molecule has 0 bridgehead atoms. The number of nitrogens with one attached hydrogen (secondary N) is 1. The first-order valence-corrected chi connectivity index (χ1v) is 8.03. The highest BCUT2D eigenvalue weighted by atomic mass is 127. The zero-order chi connectivity index (χ0) is 15.3. The number of nitrogens with zero attached hydrogens (tertiary/aromatic N) is 1. The number of aromatic nitrogens is 2. The summed E-state index contributed by atoms with van der Waals surface area (Å²) in [5, 5.41) is 0. The van der Waals surface area contributed by atoms with E-state index in [0.717, 1.165) is 28.1 Å². The minimum atomic E-state index is -0.238. The molecule has 0 saturated heterocycles. The SMILES string of the molecule is Cc1cc(C(C)n2c(=S)[nH]c3cc(I)c(F)cc32)c(C)o1. The number of hydrogen-bond donors (Lipinski definition) is 1. The number of benzene rings is 1. The standard InChI is InChI=1S/C15H14FIN2OS/c1-7-4-10(9(3)20-7)8(2)19-14-5-11(16)12(17)6-13(14)18-15(19)21/h4-6,8H,1-3H3,(H,18,21). The molecular weight excluding hydrogens is 402 g/mol. The summed E-state index contributed by atoms with van der Waals surface area (Å²) in [6.45, 7) is 5.89. The third kappa shape index (κ3) is 2.44. The van der Waals surface area contributed by atoms with Crippen LogP contribution in [0, 0.1) is 28.0 Å². The van der Waals surface area contributed by atoms with Crippen molar-refractivity contribution in [2.24, 2.45) is 0 Å². The summed E-state index contributed by atoms with van der Waals surface area (Å²) in [5.41, 5.74) is 2.67. The molecule has 21 heavy (non-hydrogen) atoms. The Morgan fingerprint density at radius 2 is 2.05 bits per heavy atom. The van der Waals surface area contributed by atoms with E-state index in [1.807, 2.05) is 54.0 Å². The quantitative estimate of drug-likeness (QED) is 0.457. The lowest BCUT2D eigenvalue weighted by Gasteiger charge is -2.14. The number of rotatable bonds is 2. The number of hydrogen-bond acceptors (Lipinski definition) is 2. The molecule has 0 fully saturated rings. The Bertz CT molecular complexity index is 893. The van der Waals surface area contributed by atoms with Gasteiger partial charge in [-0.3, -0.25) is 0 Å². The summed E-state index contributed by atoms with van der Waals surface area (Å²) in [6, 6.07) is 5.28. The Balaban J connectivity index is 2.24. The van der Waals surface area contributed by atoms with Crippen LogP contribution >= 0.6 is 34.8 Å². The molecule has 3 nitrogen and oxygen atoms in total. The van der Waals surface area contributed by atoms with E-state index in [-0.39, 0.29) is 11.9 Å². The zero-order valence-electron chi connectivity index (χ0n) is 11.8. The Morgan fingerprint density at radius 3 is 2.67 bits per heavy atom. The molecule has 3 rings (SSSR count). The van der Waals surface area contributed by atoms with Crippen LogP contribution < -0.4 is 0 Å². The van der Waals surface area contributed by atoms with Gasteiger partial charge in [-0.2, -0.15) is 0 Å². The van der Waals surface area contributed by atoms with Gasteiger partial charge in [-0.1, -0.05) is 0 Å². The smallest absolute Gasteiger partial charge is 0.178 e. The van der Waals surface area contributed by atoms with E-state index in [2.05, 4.69) is 4.98 Å². The van der Waals surface area contributed by atoms with Crippen molar-refractivity contribution in [1.82, 2.24) is 9.55 Å². The molecule has 0 amide bonds. The van der Waals surface area contributed by atoms with Gasteiger partial charge in [-0.05, 0) is 67.7 Å². The van der Waals surface area contributed by atoms with Crippen molar-refractivity contribution in [1.29, 1.82) is 0 Å². The van der Waals surface area contributed by atoms with Crippen LogP contribution in [0.3, 0.4) is 0 Å². The van der Waals surface area contributed by atoms with Gasteiger partial charge in [0.15, 0.2) is 4.77 Å². The van der Waals surface area contributed by atoms with Gasteiger partial charge in [0.2, 0.25) is 0 Å². The summed E-state index contributed by atoms with van der Waals surface area (Å²) < 4.78 is 22.6. The number of fused-ring (bicyclic) bond motifs is 1. The maximum Gasteiger partial charge on any atom is 0.178 e. The molecule has 1 N–H and O–H groups in total. The molecule has 3 aromatic rings. The molecule has 2 aromatic heterocycles. The lowest BCUT2D eigenvalue weighted by atomic mass is 10.1. The fraction of sp³-hybridized carbons (Fsp3) is 0.267. The van der Waals surface area contributed by atoms with Gasteiger partial charge in [-0.25, -0.2) is 4.39 Å². The van der Waals surface area contributed by atoms with Crippen molar-refractivity contribution in [3.05, 3.63) is 49.4 Å².